The Morgan fingerprint density at radius 1 is 1.47 bits per heavy atom. The van der Waals surface area contributed by atoms with Gasteiger partial charge in [-0.1, -0.05) is 0 Å². The van der Waals surface area contributed by atoms with Gasteiger partial charge in [0.1, 0.15) is 12.3 Å². The fourth-order valence-electron chi connectivity index (χ4n) is 1.84. The molecule has 0 radical (unpaired) electrons. The van der Waals surface area contributed by atoms with E-state index in [-0.39, 0.29) is 0 Å². The first-order valence-electron chi connectivity index (χ1n) is 4.89. The van der Waals surface area contributed by atoms with E-state index in [0.29, 0.717) is 25.7 Å². The lowest BCUT2D eigenvalue weighted by molar-refractivity contribution is 0.0257. The number of nitrogens with zero attached hydrogens (tertiary/aromatic N) is 2. The predicted molar refractivity (Wildman–Crippen MR) is 56.0 cm³/mol. The van der Waals surface area contributed by atoms with Crippen molar-refractivity contribution in [3.05, 3.63) is 17.1 Å². The summed E-state index contributed by atoms with van der Waals surface area (Å²) < 4.78 is 15.5. The summed E-state index contributed by atoms with van der Waals surface area (Å²) in [6, 6.07) is 1.94. The zero-order chi connectivity index (χ0) is 10.1. The highest BCUT2D eigenvalue weighted by molar-refractivity contribution is 7.03. The summed E-state index contributed by atoms with van der Waals surface area (Å²) in [6.45, 7) is 2.78. The minimum Gasteiger partial charge on any atom is -0.476 e. The monoisotopic (exact) mass is 225 g/mol. The molecule has 0 amide bonds. The fraction of sp³-hybridized carbons (Fsp3) is 0.556. The van der Waals surface area contributed by atoms with Crippen molar-refractivity contribution in [1.29, 1.82) is 0 Å². The maximum atomic E-state index is 5.75. The highest BCUT2D eigenvalue weighted by Crippen LogP contribution is 2.29. The third kappa shape index (κ3) is 1.37. The van der Waals surface area contributed by atoms with Crippen LogP contribution in [0.1, 0.15) is 5.69 Å². The van der Waals surface area contributed by atoms with Gasteiger partial charge in [-0.15, -0.1) is 0 Å². The van der Waals surface area contributed by atoms with Crippen LogP contribution < -0.4 is 5.32 Å². The normalized spacial score (nSPS) is 30.3. The summed E-state index contributed by atoms with van der Waals surface area (Å²) >= 11 is 1.40. The van der Waals surface area contributed by atoms with Crippen molar-refractivity contribution < 1.29 is 9.47 Å². The molecule has 0 saturated carbocycles. The molecule has 15 heavy (non-hydrogen) atoms. The van der Waals surface area contributed by atoms with Gasteiger partial charge >= 0.3 is 0 Å². The molecule has 2 aliphatic rings. The van der Waals surface area contributed by atoms with Crippen LogP contribution in [0.2, 0.25) is 0 Å². The van der Waals surface area contributed by atoms with Crippen molar-refractivity contribution >= 4 is 17.4 Å². The molecule has 1 saturated heterocycles. The number of hydrogen-bond acceptors (Lipinski definition) is 6. The van der Waals surface area contributed by atoms with Crippen molar-refractivity contribution in [2.45, 2.75) is 5.72 Å². The molecule has 80 valence electrons. The average Bonchev–Trinajstić information content (AvgIpc) is 3.02. The Balaban J connectivity index is 2.02. The topological polar surface area (TPSA) is 55.7 Å². The molecule has 6 heteroatoms. The van der Waals surface area contributed by atoms with E-state index in [0.717, 1.165) is 12.2 Å². The minimum absolute atomic E-state index is 0.617. The van der Waals surface area contributed by atoms with Gasteiger partial charge in [0, 0.05) is 11.9 Å². The molecule has 1 aromatic heterocycles. The Hall–Kier alpha value is -0.980. The van der Waals surface area contributed by atoms with Crippen LogP contribution in [-0.2, 0) is 15.2 Å². The van der Waals surface area contributed by atoms with Crippen LogP contribution in [0.4, 0.5) is 0 Å². The molecule has 1 N–H and O–H groups in total. The summed E-state index contributed by atoms with van der Waals surface area (Å²) in [5.41, 5.74) is 0.113. The van der Waals surface area contributed by atoms with Crippen molar-refractivity contribution in [2.75, 3.05) is 26.3 Å². The number of nitrogens with one attached hydrogen (secondary N) is 1. The van der Waals surface area contributed by atoms with Gasteiger partial charge < -0.3 is 9.47 Å². The fourth-order valence-corrected chi connectivity index (χ4v) is 2.39. The molecule has 1 aromatic rings. The SMILES string of the molecule is c1cc(C2(C3=NCCO3)NCCO2)ns1. The van der Waals surface area contributed by atoms with E-state index in [9.17, 15) is 0 Å². The lowest BCUT2D eigenvalue weighted by atomic mass is 10.1. The molecule has 3 rings (SSSR count). The molecule has 0 bridgehead atoms. The van der Waals surface area contributed by atoms with E-state index in [4.69, 9.17) is 9.47 Å². The smallest absolute Gasteiger partial charge is 0.241 e. The summed E-state index contributed by atoms with van der Waals surface area (Å²) in [5, 5.41) is 5.21. The van der Waals surface area contributed by atoms with Crippen LogP contribution in [0.25, 0.3) is 0 Å². The molecule has 3 heterocycles. The van der Waals surface area contributed by atoms with E-state index < -0.39 is 5.72 Å². The Bertz CT molecular complexity index is 371. The van der Waals surface area contributed by atoms with Crippen molar-refractivity contribution in [3.8, 4) is 0 Å². The molecular formula is C9H11N3O2S. The number of aromatic nitrogens is 1. The second-order valence-corrected chi connectivity index (χ2v) is 4.04. The molecule has 0 aromatic carbocycles. The van der Waals surface area contributed by atoms with Crippen molar-refractivity contribution in [3.63, 3.8) is 0 Å². The number of aliphatic imine (C=N–C) groups is 1. The second kappa shape index (κ2) is 3.55. The molecule has 2 aliphatic heterocycles. The highest BCUT2D eigenvalue weighted by Gasteiger charge is 2.46. The van der Waals surface area contributed by atoms with E-state index in [1.54, 1.807) is 0 Å². The van der Waals surface area contributed by atoms with Crippen LogP contribution in [0, 0.1) is 0 Å². The largest absolute Gasteiger partial charge is 0.476 e. The maximum absolute atomic E-state index is 5.75. The summed E-state index contributed by atoms with van der Waals surface area (Å²) in [5.74, 6) is 0.617. The quantitative estimate of drug-likeness (QED) is 0.788. The number of rotatable bonds is 2. The van der Waals surface area contributed by atoms with Gasteiger partial charge in [-0.05, 0) is 17.6 Å². The van der Waals surface area contributed by atoms with Gasteiger partial charge in [0.15, 0.2) is 0 Å². The molecule has 1 atom stereocenters. The first-order chi connectivity index (χ1) is 7.42. The summed E-state index contributed by atoms with van der Waals surface area (Å²) in [7, 11) is 0. The molecule has 5 nitrogen and oxygen atoms in total. The van der Waals surface area contributed by atoms with Gasteiger partial charge in [0.25, 0.3) is 0 Å². The van der Waals surface area contributed by atoms with Crippen LogP contribution in [-0.4, -0.2) is 36.6 Å². The highest BCUT2D eigenvalue weighted by atomic mass is 32.1. The van der Waals surface area contributed by atoms with E-state index >= 15 is 0 Å². The Kier molecular flexibility index (Phi) is 2.19. The van der Waals surface area contributed by atoms with Gasteiger partial charge in [0.2, 0.25) is 11.6 Å². The van der Waals surface area contributed by atoms with Gasteiger partial charge in [-0.3, -0.25) is 5.32 Å². The van der Waals surface area contributed by atoms with E-state index in [1.807, 2.05) is 11.4 Å². The average molecular weight is 225 g/mol. The number of ether oxygens (including phenoxy) is 2. The molecule has 0 aliphatic carbocycles. The standard InChI is InChI=1S/C9H11N3O2S/c1-6-15-12-7(1)9(11-3-5-14-9)8-10-2-4-13-8/h1,6,11H,2-5H2. The van der Waals surface area contributed by atoms with Gasteiger partial charge in [-0.2, -0.15) is 4.37 Å². The predicted octanol–water partition coefficient (Wildman–Crippen LogP) is 0.344. The zero-order valence-electron chi connectivity index (χ0n) is 8.10. The third-order valence-corrected chi connectivity index (χ3v) is 3.04. The van der Waals surface area contributed by atoms with Crippen LogP contribution >= 0.6 is 11.5 Å². The van der Waals surface area contributed by atoms with Crippen molar-refractivity contribution in [1.82, 2.24) is 9.69 Å². The Morgan fingerprint density at radius 3 is 3.07 bits per heavy atom. The summed E-state index contributed by atoms with van der Waals surface area (Å²) in [4.78, 5) is 4.32. The van der Waals surface area contributed by atoms with Gasteiger partial charge in [0.05, 0.1) is 13.2 Å². The first kappa shape index (κ1) is 9.26. The molecular weight excluding hydrogens is 214 g/mol. The lowest BCUT2D eigenvalue weighted by Crippen LogP contribution is -2.46. The van der Waals surface area contributed by atoms with Crippen LogP contribution in [0.15, 0.2) is 16.4 Å². The maximum Gasteiger partial charge on any atom is 0.241 e. The Morgan fingerprint density at radius 2 is 2.47 bits per heavy atom. The zero-order valence-corrected chi connectivity index (χ0v) is 8.92. The molecule has 0 spiro atoms. The first-order valence-corrected chi connectivity index (χ1v) is 5.73. The molecule has 1 unspecified atom stereocenters. The third-order valence-electron chi connectivity index (χ3n) is 2.48. The number of hydrogen-bond donors (Lipinski definition) is 1. The summed E-state index contributed by atoms with van der Waals surface area (Å²) in [6.07, 6.45) is 0. The van der Waals surface area contributed by atoms with E-state index in [2.05, 4.69) is 14.7 Å². The van der Waals surface area contributed by atoms with Crippen LogP contribution in [0.5, 0.6) is 0 Å². The lowest BCUT2D eigenvalue weighted by Gasteiger charge is -2.25. The van der Waals surface area contributed by atoms with Crippen molar-refractivity contribution in [2.24, 2.45) is 4.99 Å². The molecule has 1 fully saturated rings. The van der Waals surface area contributed by atoms with E-state index in [1.165, 1.54) is 11.5 Å². The second-order valence-electron chi connectivity index (χ2n) is 3.38. The van der Waals surface area contributed by atoms with Gasteiger partial charge in [-0.25, -0.2) is 4.99 Å². The minimum atomic E-state index is -0.726. The van der Waals surface area contributed by atoms with Crippen LogP contribution in [0.3, 0.4) is 0 Å². The Labute approximate surface area is 91.3 Å².